The molecule has 0 fully saturated rings. The van der Waals surface area contributed by atoms with Gasteiger partial charge in [-0.15, -0.1) is 0 Å². The number of benzene rings is 1. The summed E-state index contributed by atoms with van der Waals surface area (Å²) in [6.07, 6.45) is 0. The Hall–Kier alpha value is -1.85. The van der Waals surface area contributed by atoms with Crippen LogP contribution in [0, 0.1) is 0 Å². The molecule has 1 amide bonds. The number of carbonyl (C=O) groups excluding carboxylic acids is 2. The molecule has 0 radical (unpaired) electrons. The Kier molecular flexibility index (Phi) is 4.19. The Bertz CT molecular complexity index is 610. The van der Waals surface area contributed by atoms with Crippen molar-refractivity contribution >= 4 is 40.5 Å². The van der Waals surface area contributed by atoms with Crippen molar-refractivity contribution in [3.05, 3.63) is 51.2 Å². The average Bonchev–Trinajstić information content (AvgIpc) is 2.94. The van der Waals surface area contributed by atoms with E-state index in [1.54, 1.807) is 17.5 Å². The third kappa shape index (κ3) is 3.13. The molecule has 1 aromatic heterocycles. The summed E-state index contributed by atoms with van der Waals surface area (Å²) in [6.45, 7) is 0. The predicted molar refractivity (Wildman–Crippen MR) is 75.1 cm³/mol. The van der Waals surface area contributed by atoms with Gasteiger partial charge in [0.15, 0.2) is 0 Å². The molecule has 6 heteroatoms. The Balaban J connectivity index is 2.22. The summed E-state index contributed by atoms with van der Waals surface area (Å²) >= 11 is 7.33. The van der Waals surface area contributed by atoms with Crippen LogP contribution in [0.25, 0.3) is 0 Å². The molecule has 1 N–H and O–H groups in total. The van der Waals surface area contributed by atoms with E-state index in [4.69, 9.17) is 11.6 Å². The van der Waals surface area contributed by atoms with Crippen molar-refractivity contribution in [1.29, 1.82) is 0 Å². The maximum absolute atomic E-state index is 11.9. The fraction of sp³-hybridized carbons (Fsp3) is 0.0769. The number of hydrogen-bond donors (Lipinski definition) is 1. The number of ether oxygens (including phenoxy) is 1. The SMILES string of the molecule is COC(=O)c1cc(NC(=O)c2ccsc2)ccc1Cl. The maximum atomic E-state index is 11.9. The highest BCUT2D eigenvalue weighted by Gasteiger charge is 2.13. The van der Waals surface area contributed by atoms with Crippen molar-refractivity contribution in [3.8, 4) is 0 Å². The van der Waals surface area contributed by atoms with Crippen LogP contribution in [-0.2, 0) is 4.74 Å². The van der Waals surface area contributed by atoms with Crippen molar-refractivity contribution in [3.63, 3.8) is 0 Å². The van der Waals surface area contributed by atoms with E-state index in [2.05, 4.69) is 10.1 Å². The molecular weight excluding hydrogens is 286 g/mol. The van der Waals surface area contributed by atoms with Gasteiger partial charge in [0.05, 0.1) is 23.3 Å². The lowest BCUT2D eigenvalue weighted by molar-refractivity contribution is 0.0600. The molecule has 0 aliphatic heterocycles. The lowest BCUT2D eigenvalue weighted by Crippen LogP contribution is -2.11. The summed E-state index contributed by atoms with van der Waals surface area (Å²) < 4.78 is 4.61. The Morgan fingerprint density at radius 1 is 1.32 bits per heavy atom. The second-order valence-electron chi connectivity index (χ2n) is 3.65. The largest absolute Gasteiger partial charge is 0.465 e. The zero-order chi connectivity index (χ0) is 13.8. The average molecular weight is 296 g/mol. The molecule has 0 atom stereocenters. The van der Waals surface area contributed by atoms with E-state index < -0.39 is 5.97 Å². The topological polar surface area (TPSA) is 55.4 Å². The monoisotopic (exact) mass is 295 g/mol. The molecule has 0 saturated heterocycles. The van der Waals surface area contributed by atoms with E-state index in [9.17, 15) is 9.59 Å². The quantitative estimate of drug-likeness (QED) is 0.883. The van der Waals surface area contributed by atoms with Crippen LogP contribution in [0.5, 0.6) is 0 Å². The van der Waals surface area contributed by atoms with Crippen molar-refractivity contribution in [2.24, 2.45) is 0 Å². The fourth-order valence-electron chi connectivity index (χ4n) is 1.47. The number of amides is 1. The molecule has 19 heavy (non-hydrogen) atoms. The van der Waals surface area contributed by atoms with Crippen molar-refractivity contribution in [2.75, 3.05) is 12.4 Å². The van der Waals surface area contributed by atoms with Crippen LogP contribution in [0.2, 0.25) is 5.02 Å². The third-order valence-electron chi connectivity index (χ3n) is 2.41. The van der Waals surface area contributed by atoms with Crippen molar-refractivity contribution in [1.82, 2.24) is 0 Å². The Morgan fingerprint density at radius 3 is 2.74 bits per heavy atom. The summed E-state index contributed by atoms with van der Waals surface area (Å²) in [5.74, 6) is -0.781. The van der Waals surface area contributed by atoms with Crippen LogP contribution < -0.4 is 5.32 Å². The van der Waals surface area contributed by atoms with Crippen LogP contribution in [0.1, 0.15) is 20.7 Å². The summed E-state index contributed by atoms with van der Waals surface area (Å²) in [6, 6.07) is 6.37. The van der Waals surface area contributed by atoms with Crippen LogP contribution in [-0.4, -0.2) is 19.0 Å². The van der Waals surface area contributed by atoms with Gasteiger partial charge < -0.3 is 10.1 Å². The van der Waals surface area contributed by atoms with E-state index in [0.717, 1.165) is 0 Å². The summed E-state index contributed by atoms with van der Waals surface area (Å²) in [4.78, 5) is 23.3. The van der Waals surface area contributed by atoms with Gasteiger partial charge in [-0.2, -0.15) is 11.3 Å². The van der Waals surface area contributed by atoms with Crippen LogP contribution in [0.3, 0.4) is 0 Å². The molecule has 0 spiro atoms. The molecule has 0 aliphatic carbocycles. The number of thiophene rings is 1. The van der Waals surface area contributed by atoms with Crippen LogP contribution >= 0.6 is 22.9 Å². The number of esters is 1. The van der Waals surface area contributed by atoms with Gasteiger partial charge in [0.1, 0.15) is 0 Å². The molecule has 0 unspecified atom stereocenters. The molecule has 98 valence electrons. The molecule has 0 saturated carbocycles. The second-order valence-corrected chi connectivity index (χ2v) is 4.84. The van der Waals surface area contributed by atoms with Gasteiger partial charge in [0.25, 0.3) is 5.91 Å². The van der Waals surface area contributed by atoms with E-state index in [1.165, 1.54) is 30.6 Å². The highest BCUT2D eigenvalue weighted by molar-refractivity contribution is 7.08. The molecular formula is C13H10ClNO3S. The lowest BCUT2D eigenvalue weighted by Gasteiger charge is -2.07. The zero-order valence-electron chi connectivity index (χ0n) is 9.98. The first-order chi connectivity index (χ1) is 9.11. The summed E-state index contributed by atoms with van der Waals surface area (Å²) in [5.41, 5.74) is 1.27. The molecule has 2 aromatic rings. The number of carbonyl (C=O) groups is 2. The number of hydrogen-bond acceptors (Lipinski definition) is 4. The molecule has 2 rings (SSSR count). The van der Waals surface area contributed by atoms with Crippen molar-refractivity contribution < 1.29 is 14.3 Å². The number of rotatable bonds is 3. The summed E-state index contributed by atoms with van der Waals surface area (Å²) in [7, 11) is 1.27. The highest BCUT2D eigenvalue weighted by atomic mass is 35.5. The molecule has 0 aliphatic rings. The van der Waals surface area contributed by atoms with Gasteiger partial charge in [0.2, 0.25) is 0 Å². The minimum Gasteiger partial charge on any atom is -0.465 e. The zero-order valence-corrected chi connectivity index (χ0v) is 11.5. The van der Waals surface area contributed by atoms with Gasteiger partial charge in [-0.1, -0.05) is 11.6 Å². The lowest BCUT2D eigenvalue weighted by atomic mass is 10.2. The normalized spacial score (nSPS) is 10.0. The second kappa shape index (κ2) is 5.86. The van der Waals surface area contributed by atoms with Crippen molar-refractivity contribution in [2.45, 2.75) is 0 Å². The van der Waals surface area contributed by atoms with Crippen LogP contribution in [0.15, 0.2) is 35.0 Å². The van der Waals surface area contributed by atoms with Gasteiger partial charge in [0, 0.05) is 11.1 Å². The number of methoxy groups -OCH3 is 1. The van der Waals surface area contributed by atoms with E-state index in [-0.39, 0.29) is 16.5 Å². The predicted octanol–water partition coefficient (Wildman–Crippen LogP) is 3.44. The minimum atomic E-state index is -0.545. The number of halogens is 1. The molecule has 1 aromatic carbocycles. The number of anilines is 1. The van der Waals surface area contributed by atoms with Crippen LogP contribution in [0.4, 0.5) is 5.69 Å². The number of nitrogens with one attached hydrogen (secondary N) is 1. The van der Waals surface area contributed by atoms with Gasteiger partial charge in [-0.05, 0) is 29.6 Å². The highest BCUT2D eigenvalue weighted by Crippen LogP contribution is 2.22. The Labute approximate surface area is 119 Å². The van der Waals surface area contributed by atoms with E-state index in [1.807, 2.05) is 5.38 Å². The fourth-order valence-corrected chi connectivity index (χ4v) is 2.30. The first kappa shape index (κ1) is 13.6. The van der Waals surface area contributed by atoms with E-state index >= 15 is 0 Å². The maximum Gasteiger partial charge on any atom is 0.339 e. The molecule has 4 nitrogen and oxygen atoms in total. The smallest absolute Gasteiger partial charge is 0.339 e. The minimum absolute atomic E-state index is 0.215. The summed E-state index contributed by atoms with van der Waals surface area (Å²) in [5, 5.41) is 6.53. The first-order valence-corrected chi connectivity index (χ1v) is 6.65. The first-order valence-electron chi connectivity index (χ1n) is 5.33. The van der Waals surface area contributed by atoms with Gasteiger partial charge in [-0.3, -0.25) is 4.79 Å². The standard InChI is InChI=1S/C13H10ClNO3S/c1-18-13(17)10-6-9(2-3-11(10)14)15-12(16)8-4-5-19-7-8/h2-7H,1H3,(H,15,16). The Morgan fingerprint density at radius 2 is 2.11 bits per heavy atom. The van der Waals surface area contributed by atoms with Gasteiger partial charge in [-0.25, -0.2) is 4.79 Å². The van der Waals surface area contributed by atoms with Gasteiger partial charge >= 0.3 is 5.97 Å². The van der Waals surface area contributed by atoms with E-state index in [0.29, 0.717) is 11.3 Å². The third-order valence-corrected chi connectivity index (χ3v) is 3.43. The molecule has 1 heterocycles. The molecule has 0 bridgehead atoms.